The van der Waals surface area contributed by atoms with Crippen molar-refractivity contribution in [2.24, 2.45) is 0 Å². The summed E-state index contributed by atoms with van der Waals surface area (Å²) in [4.78, 5) is 9.50. The molecular weight excluding hydrogens is 226 g/mol. The smallest absolute Gasteiger partial charge is 0.450 e. The maximum Gasteiger partial charge on any atom is 0.509 e. The predicted octanol–water partition coefficient (Wildman–Crippen LogP) is 1.49. The first-order chi connectivity index (χ1) is 5.92. The molecule has 0 aromatic rings. The molecule has 0 spiro atoms. The lowest BCUT2D eigenvalue weighted by Crippen LogP contribution is -2.58. The third-order valence-electron chi connectivity index (χ3n) is 0.979. The van der Waals surface area contributed by atoms with Crippen LogP contribution < -0.4 is 0 Å². The highest BCUT2D eigenvalue weighted by atomic mass is 19.4. The van der Waals surface area contributed by atoms with E-state index in [0.29, 0.717) is 0 Å². The number of halogens is 6. The van der Waals surface area contributed by atoms with Crippen molar-refractivity contribution in [3.63, 3.8) is 0 Å². The first-order valence-corrected chi connectivity index (χ1v) is 2.69. The number of hydrogen-bond donors (Lipinski definition) is 2. The third kappa shape index (κ3) is 2.19. The fraction of sp³-hybridized carbons (Fsp3) is 0.750. The van der Waals surface area contributed by atoms with Crippen LogP contribution in [0.5, 0.6) is 0 Å². The van der Waals surface area contributed by atoms with Gasteiger partial charge in [0.2, 0.25) is 0 Å². The Kier molecular flexibility index (Phi) is 2.92. The normalized spacial score (nSPS) is 17.4. The van der Waals surface area contributed by atoms with Gasteiger partial charge in [0.15, 0.2) is 0 Å². The minimum atomic E-state index is -6.40. The Labute approximate surface area is 71.7 Å². The van der Waals surface area contributed by atoms with Crippen LogP contribution in [0, 0.1) is 0 Å². The molecule has 0 aromatic carbocycles. The molecule has 0 heterocycles. The number of alkyl halides is 6. The lowest BCUT2D eigenvalue weighted by Gasteiger charge is -2.28. The monoisotopic (exact) mass is 228 g/mol. The van der Waals surface area contributed by atoms with Crippen LogP contribution in [0.25, 0.3) is 0 Å². The van der Waals surface area contributed by atoms with Gasteiger partial charge < -0.3 is 14.9 Å². The molecule has 0 aliphatic heterocycles. The van der Waals surface area contributed by atoms with Gasteiger partial charge in [0, 0.05) is 0 Å². The molecule has 0 radical (unpaired) electrons. The van der Waals surface area contributed by atoms with Gasteiger partial charge in [-0.2, -0.15) is 26.3 Å². The number of carboxylic acid groups (broad SMARTS) is 1. The van der Waals surface area contributed by atoms with E-state index in [0.717, 1.165) is 0 Å². The van der Waals surface area contributed by atoms with Gasteiger partial charge in [0.1, 0.15) is 0 Å². The van der Waals surface area contributed by atoms with E-state index in [1.54, 1.807) is 0 Å². The predicted molar refractivity (Wildman–Crippen MR) is 26.2 cm³/mol. The maximum absolute atomic E-state index is 12.3. The van der Waals surface area contributed by atoms with Crippen molar-refractivity contribution in [2.45, 2.75) is 18.1 Å². The average molecular weight is 228 g/mol. The molecular formula is C4H2F6O4. The molecule has 0 amide bonds. The molecule has 2 N–H and O–H groups in total. The molecule has 0 fully saturated rings. The zero-order chi connectivity index (χ0) is 11.8. The summed E-state index contributed by atoms with van der Waals surface area (Å²) >= 11 is 0. The molecule has 10 heteroatoms. The van der Waals surface area contributed by atoms with Crippen LogP contribution >= 0.6 is 0 Å². The van der Waals surface area contributed by atoms with E-state index in [-0.39, 0.29) is 0 Å². The number of hydrogen-bond acceptors (Lipinski definition) is 3. The third-order valence-corrected chi connectivity index (χ3v) is 0.979. The second-order valence-electron chi connectivity index (χ2n) is 2.00. The van der Waals surface area contributed by atoms with Gasteiger partial charge in [0.25, 0.3) is 0 Å². The summed E-state index contributed by atoms with van der Waals surface area (Å²) in [5.74, 6) is -5.98. The van der Waals surface area contributed by atoms with Crippen molar-refractivity contribution in [1.29, 1.82) is 0 Å². The second kappa shape index (κ2) is 3.19. The standard InChI is InChI=1S/C4H2F6O4/c5-2(3(6,7)8,4(9,10)13)14-1(11)12/h13H,(H,11,12). The molecule has 0 aromatic heterocycles. The van der Waals surface area contributed by atoms with Crippen molar-refractivity contribution < 1.29 is 46.1 Å². The van der Waals surface area contributed by atoms with Crippen molar-refractivity contribution in [2.75, 3.05) is 0 Å². The van der Waals surface area contributed by atoms with E-state index in [4.69, 9.17) is 10.2 Å². The van der Waals surface area contributed by atoms with Crippen molar-refractivity contribution in [3.8, 4) is 0 Å². The first-order valence-electron chi connectivity index (χ1n) is 2.69. The Morgan fingerprint density at radius 2 is 1.43 bits per heavy atom. The molecule has 0 bridgehead atoms. The molecule has 0 saturated carbocycles. The van der Waals surface area contributed by atoms with Crippen LogP contribution in [0.4, 0.5) is 31.1 Å². The van der Waals surface area contributed by atoms with Gasteiger partial charge in [-0.05, 0) is 0 Å². The Morgan fingerprint density at radius 1 is 1.07 bits per heavy atom. The Bertz CT molecular complexity index is 215. The molecule has 84 valence electrons. The van der Waals surface area contributed by atoms with Crippen LogP contribution in [0.15, 0.2) is 0 Å². The van der Waals surface area contributed by atoms with Crippen molar-refractivity contribution in [1.82, 2.24) is 0 Å². The van der Waals surface area contributed by atoms with E-state index >= 15 is 0 Å². The molecule has 1 unspecified atom stereocenters. The van der Waals surface area contributed by atoms with E-state index in [2.05, 4.69) is 4.74 Å². The zero-order valence-electron chi connectivity index (χ0n) is 5.98. The van der Waals surface area contributed by atoms with Crippen LogP contribution in [0.3, 0.4) is 0 Å². The molecule has 0 aliphatic rings. The highest BCUT2D eigenvalue weighted by molar-refractivity contribution is 5.57. The highest BCUT2D eigenvalue weighted by Gasteiger charge is 2.75. The SMILES string of the molecule is O=C(O)OC(F)(C(O)(F)F)C(F)(F)F. The van der Waals surface area contributed by atoms with E-state index in [1.807, 2.05) is 0 Å². The quantitative estimate of drug-likeness (QED) is 0.555. The molecule has 4 nitrogen and oxygen atoms in total. The van der Waals surface area contributed by atoms with Crippen molar-refractivity contribution in [3.05, 3.63) is 0 Å². The largest absolute Gasteiger partial charge is 0.509 e. The lowest BCUT2D eigenvalue weighted by atomic mass is 10.3. The van der Waals surface area contributed by atoms with Gasteiger partial charge >= 0.3 is 24.3 Å². The Hall–Kier alpha value is -1.19. The molecule has 1 atom stereocenters. The van der Waals surface area contributed by atoms with Crippen molar-refractivity contribution >= 4 is 6.16 Å². The minimum absolute atomic E-state index is 2.29. The topological polar surface area (TPSA) is 66.8 Å². The van der Waals surface area contributed by atoms with Gasteiger partial charge in [-0.25, -0.2) is 4.79 Å². The van der Waals surface area contributed by atoms with E-state index < -0.39 is 24.3 Å². The molecule has 0 rings (SSSR count). The summed E-state index contributed by atoms with van der Waals surface area (Å²) in [6.45, 7) is 0. The maximum atomic E-state index is 12.3. The summed E-state index contributed by atoms with van der Waals surface area (Å²) in [5.41, 5.74) is 0. The van der Waals surface area contributed by atoms with E-state index in [1.165, 1.54) is 0 Å². The summed E-state index contributed by atoms with van der Waals surface area (Å²) in [7, 11) is 0. The zero-order valence-corrected chi connectivity index (χ0v) is 5.98. The Morgan fingerprint density at radius 3 is 1.50 bits per heavy atom. The van der Waals surface area contributed by atoms with Crippen LogP contribution in [0.2, 0.25) is 0 Å². The highest BCUT2D eigenvalue weighted by Crippen LogP contribution is 2.44. The number of ether oxygens (including phenoxy) is 1. The van der Waals surface area contributed by atoms with Gasteiger partial charge in [-0.15, -0.1) is 0 Å². The summed E-state index contributed by atoms with van der Waals surface area (Å²) < 4.78 is 72.7. The van der Waals surface area contributed by atoms with Gasteiger partial charge in [0.05, 0.1) is 0 Å². The number of carbonyl (C=O) groups is 1. The second-order valence-corrected chi connectivity index (χ2v) is 2.00. The molecule has 14 heavy (non-hydrogen) atoms. The van der Waals surface area contributed by atoms with E-state index in [9.17, 15) is 31.1 Å². The van der Waals surface area contributed by atoms with Gasteiger partial charge in [-0.1, -0.05) is 0 Å². The molecule has 0 aliphatic carbocycles. The lowest BCUT2D eigenvalue weighted by molar-refractivity contribution is -0.436. The summed E-state index contributed by atoms with van der Waals surface area (Å²) in [6.07, 6.45) is -15.4. The van der Waals surface area contributed by atoms with Crippen LogP contribution in [-0.4, -0.2) is 34.5 Å². The number of rotatable bonds is 2. The first kappa shape index (κ1) is 12.8. The van der Waals surface area contributed by atoms with Crippen LogP contribution in [-0.2, 0) is 4.74 Å². The van der Waals surface area contributed by atoms with Gasteiger partial charge in [-0.3, -0.25) is 0 Å². The van der Waals surface area contributed by atoms with Crippen LogP contribution in [0.1, 0.15) is 0 Å². The Balaban J connectivity index is 5.18. The number of aliphatic hydroxyl groups is 1. The fourth-order valence-corrected chi connectivity index (χ4v) is 0.410. The summed E-state index contributed by atoms with van der Waals surface area (Å²) in [5, 5.41) is 15.1. The average Bonchev–Trinajstić information content (AvgIpc) is 1.79. The minimum Gasteiger partial charge on any atom is -0.450 e. The molecule has 0 saturated heterocycles. The fourth-order valence-electron chi connectivity index (χ4n) is 0.410. The summed E-state index contributed by atoms with van der Waals surface area (Å²) in [6, 6.07) is 0.